The molecule has 2 heterocycles. The summed E-state index contributed by atoms with van der Waals surface area (Å²) < 4.78 is 0. The van der Waals surface area contributed by atoms with Crippen molar-refractivity contribution in [1.29, 1.82) is 0 Å². The number of hydrogen-bond acceptors (Lipinski definition) is 5. The molecule has 5 heteroatoms. The fraction of sp³-hybridized carbons (Fsp3) is 0.818. The lowest BCUT2D eigenvalue weighted by molar-refractivity contribution is 0.198. The molecule has 1 saturated heterocycles. The SMILES string of the molecule is CNc1nnc(CN2CCCC2C(C)C)s1. The molecule has 1 aliphatic heterocycles. The van der Waals surface area contributed by atoms with Crippen molar-refractivity contribution in [3.63, 3.8) is 0 Å². The highest BCUT2D eigenvalue weighted by atomic mass is 32.1. The summed E-state index contributed by atoms with van der Waals surface area (Å²) >= 11 is 1.66. The first kappa shape index (κ1) is 11.8. The maximum absolute atomic E-state index is 4.21. The van der Waals surface area contributed by atoms with Crippen LogP contribution in [0.5, 0.6) is 0 Å². The van der Waals surface area contributed by atoms with Crippen molar-refractivity contribution in [2.45, 2.75) is 39.3 Å². The number of aromatic nitrogens is 2. The molecule has 1 fully saturated rings. The maximum atomic E-state index is 4.21. The van der Waals surface area contributed by atoms with Gasteiger partial charge in [-0.2, -0.15) is 0 Å². The first-order valence-corrected chi connectivity index (χ1v) is 6.76. The molecule has 0 aromatic carbocycles. The quantitative estimate of drug-likeness (QED) is 0.876. The predicted molar refractivity (Wildman–Crippen MR) is 67.7 cm³/mol. The molecule has 4 nitrogen and oxygen atoms in total. The second-order valence-corrected chi connectivity index (χ2v) is 5.74. The van der Waals surface area contributed by atoms with Crippen LogP contribution in [-0.4, -0.2) is 34.7 Å². The van der Waals surface area contributed by atoms with E-state index in [9.17, 15) is 0 Å². The third-order valence-electron chi connectivity index (χ3n) is 3.20. The molecule has 16 heavy (non-hydrogen) atoms. The van der Waals surface area contributed by atoms with Crippen LogP contribution in [0.15, 0.2) is 0 Å². The van der Waals surface area contributed by atoms with Crippen LogP contribution in [0, 0.1) is 5.92 Å². The van der Waals surface area contributed by atoms with Crippen LogP contribution in [0.2, 0.25) is 0 Å². The molecule has 1 aromatic rings. The number of likely N-dealkylation sites (tertiary alicyclic amines) is 1. The lowest BCUT2D eigenvalue weighted by Gasteiger charge is -2.26. The van der Waals surface area contributed by atoms with Gasteiger partial charge in [0, 0.05) is 13.1 Å². The summed E-state index contributed by atoms with van der Waals surface area (Å²) in [5.41, 5.74) is 0. The predicted octanol–water partition coefficient (Wildman–Crippen LogP) is 2.20. The Morgan fingerprint density at radius 1 is 1.50 bits per heavy atom. The molecule has 1 unspecified atom stereocenters. The number of hydrogen-bond donors (Lipinski definition) is 1. The molecule has 0 spiro atoms. The maximum Gasteiger partial charge on any atom is 0.205 e. The zero-order valence-corrected chi connectivity index (χ0v) is 11.0. The smallest absolute Gasteiger partial charge is 0.205 e. The van der Waals surface area contributed by atoms with E-state index in [1.165, 1.54) is 19.4 Å². The van der Waals surface area contributed by atoms with E-state index >= 15 is 0 Å². The highest BCUT2D eigenvalue weighted by molar-refractivity contribution is 7.15. The summed E-state index contributed by atoms with van der Waals surface area (Å²) in [6.07, 6.45) is 2.65. The van der Waals surface area contributed by atoms with Crippen LogP contribution in [0.3, 0.4) is 0 Å². The Morgan fingerprint density at radius 2 is 2.31 bits per heavy atom. The van der Waals surface area contributed by atoms with Crippen molar-refractivity contribution in [2.75, 3.05) is 18.9 Å². The molecule has 0 radical (unpaired) electrons. The molecule has 1 N–H and O–H groups in total. The van der Waals surface area contributed by atoms with Gasteiger partial charge in [-0.25, -0.2) is 0 Å². The molecule has 2 rings (SSSR count). The van der Waals surface area contributed by atoms with Crippen molar-refractivity contribution in [3.05, 3.63) is 5.01 Å². The van der Waals surface area contributed by atoms with Gasteiger partial charge in [0.1, 0.15) is 5.01 Å². The van der Waals surface area contributed by atoms with Gasteiger partial charge in [0.2, 0.25) is 5.13 Å². The summed E-state index contributed by atoms with van der Waals surface area (Å²) in [5.74, 6) is 0.735. The van der Waals surface area contributed by atoms with E-state index < -0.39 is 0 Å². The lowest BCUT2D eigenvalue weighted by Crippen LogP contribution is -2.32. The van der Waals surface area contributed by atoms with Crippen molar-refractivity contribution in [1.82, 2.24) is 15.1 Å². The molecule has 1 aromatic heterocycles. The van der Waals surface area contributed by atoms with E-state index in [1.807, 2.05) is 7.05 Å². The lowest BCUT2D eigenvalue weighted by atomic mass is 10.0. The van der Waals surface area contributed by atoms with Crippen LogP contribution >= 0.6 is 11.3 Å². The van der Waals surface area contributed by atoms with E-state index in [4.69, 9.17) is 0 Å². The first-order chi connectivity index (χ1) is 7.70. The summed E-state index contributed by atoms with van der Waals surface area (Å²) in [4.78, 5) is 2.55. The van der Waals surface area contributed by atoms with Crippen LogP contribution in [0.1, 0.15) is 31.7 Å². The average molecular weight is 240 g/mol. The van der Waals surface area contributed by atoms with Crippen molar-refractivity contribution >= 4 is 16.5 Å². The largest absolute Gasteiger partial charge is 0.363 e. The van der Waals surface area contributed by atoms with Crippen LogP contribution in [-0.2, 0) is 6.54 Å². The third-order valence-corrected chi connectivity index (χ3v) is 4.13. The molecule has 0 aliphatic carbocycles. The Bertz CT molecular complexity index is 336. The molecule has 90 valence electrons. The topological polar surface area (TPSA) is 41.1 Å². The monoisotopic (exact) mass is 240 g/mol. The molecule has 1 atom stereocenters. The zero-order valence-electron chi connectivity index (χ0n) is 10.2. The fourth-order valence-electron chi connectivity index (χ4n) is 2.40. The number of nitrogens with zero attached hydrogens (tertiary/aromatic N) is 3. The van der Waals surface area contributed by atoms with Crippen LogP contribution in [0.25, 0.3) is 0 Å². The van der Waals surface area contributed by atoms with E-state index in [0.717, 1.165) is 28.6 Å². The number of anilines is 1. The minimum absolute atomic E-state index is 0.724. The normalized spacial score (nSPS) is 21.9. The van der Waals surface area contributed by atoms with E-state index in [2.05, 4.69) is 34.3 Å². The highest BCUT2D eigenvalue weighted by Crippen LogP contribution is 2.26. The first-order valence-electron chi connectivity index (χ1n) is 5.95. The molecule has 0 saturated carbocycles. The van der Waals surface area contributed by atoms with Crippen LogP contribution in [0.4, 0.5) is 5.13 Å². The van der Waals surface area contributed by atoms with Gasteiger partial charge in [0.15, 0.2) is 0 Å². The van der Waals surface area contributed by atoms with Crippen molar-refractivity contribution in [2.24, 2.45) is 5.92 Å². The Hall–Kier alpha value is -0.680. The summed E-state index contributed by atoms with van der Waals surface area (Å²) in [5, 5.41) is 13.4. The number of nitrogens with one attached hydrogen (secondary N) is 1. The third kappa shape index (κ3) is 2.52. The Morgan fingerprint density at radius 3 is 2.94 bits per heavy atom. The van der Waals surface area contributed by atoms with Crippen molar-refractivity contribution in [3.8, 4) is 0 Å². The van der Waals surface area contributed by atoms with Gasteiger partial charge in [0.25, 0.3) is 0 Å². The molecular formula is C11H20N4S. The van der Waals surface area contributed by atoms with E-state index in [1.54, 1.807) is 11.3 Å². The van der Waals surface area contributed by atoms with Gasteiger partial charge in [-0.15, -0.1) is 10.2 Å². The van der Waals surface area contributed by atoms with E-state index in [-0.39, 0.29) is 0 Å². The minimum atomic E-state index is 0.724. The summed E-state index contributed by atoms with van der Waals surface area (Å²) in [6.45, 7) is 6.78. The highest BCUT2D eigenvalue weighted by Gasteiger charge is 2.27. The second kappa shape index (κ2) is 5.10. The fourth-order valence-corrected chi connectivity index (χ4v) is 3.11. The van der Waals surface area contributed by atoms with Gasteiger partial charge < -0.3 is 5.32 Å². The molecule has 0 bridgehead atoms. The van der Waals surface area contributed by atoms with E-state index in [0.29, 0.717) is 0 Å². The molecular weight excluding hydrogens is 220 g/mol. The molecule has 0 amide bonds. The van der Waals surface area contributed by atoms with Gasteiger partial charge in [0.05, 0.1) is 6.54 Å². The zero-order chi connectivity index (χ0) is 11.5. The van der Waals surface area contributed by atoms with Gasteiger partial charge in [-0.3, -0.25) is 4.90 Å². The molecule has 1 aliphatic rings. The van der Waals surface area contributed by atoms with Crippen molar-refractivity contribution < 1.29 is 0 Å². The van der Waals surface area contributed by atoms with Crippen LogP contribution < -0.4 is 5.32 Å². The Balaban J connectivity index is 1.98. The second-order valence-electron chi connectivity index (χ2n) is 4.68. The minimum Gasteiger partial charge on any atom is -0.363 e. The number of rotatable bonds is 4. The standard InChI is InChI=1S/C11H20N4S/c1-8(2)9-5-4-6-15(9)7-10-13-14-11(12-3)16-10/h8-9H,4-7H2,1-3H3,(H,12,14). The summed E-state index contributed by atoms with van der Waals surface area (Å²) in [7, 11) is 1.89. The van der Waals surface area contributed by atoms with Gasteiger partial charge in [-0.1, -0.05) is 25.2 Å². The van der Waals surface area contributed by atoms with Gasteiger partial charge >= 0.3 is 0 Å². The van der Waals surface area contributed by atoms with Gasteiger partial charge in [-0.05, 0) is 25.3 Å². The Labute approximate surface area is 101 Å². The average Bonchev–Trinajstić information content (AvgIpc) is 2.87. The Kier molecular flexibility index (Phi) is 3.76. The summed E-state index contributed by atoms with van der Waals surface area (Å²) in [6, 6.07) is 0.724.